The maximum atomic E-state index is 12.2. The van der Waals surface area contributed by atoms with Crippen LogP contribution >= 0.6 is 0 Å². The molecule has 1 unspecified atom stereocenters. The summed E-state index contributed by atoms with van der Waals surface area (Å²) in [6.45, 7) is 1.66. The number of carboxylic acid groups (broad SMARTS) is 2. The molecule has 15 heteroatoms. The minimum atomic E-state index is -5.08. The number of alkyl halides is 6. The Morgan fingerprint density at radius 2 is 1.64 bits per heavy atom. The molecule has 0 radical (unpaired) electrons. The summed E-state index contributed by atoms with van der Waals surface area (Å²) in [5.74, 6) is -4.11. The van der Waals surface area contributed by atoms with Gasteiger partial charge in [0.05, 0.1) is 7.11 Å². The van der Waals surface area contributed by atoms with Gasteiger partial charge < -0.3 is 24.8 Å². The third-order valence-electron chi connectivity index (χ3n) is 5.83. The predicted molar refractivity (Wildman–Crippen MR) is 124 cm³/mol. The monoisotopic (exact) mass is 567 g/mol. The fourth-order valence-corrected chi connectivity index (χ4v) is 3.75. The van der Waals surface area contributed by atoms with Crippen LogP contribution < -0.4 is 15.6 Å². The van der Waals surface area contributed by atoms with Gasteiger partial charge in [-0.3, -0.25) is 4.79 Å². The zero-order valence-electron chi connectivity index (χ0n) is 20.7. The molecule has 3 N–H and O–H groups in total. The van der Waals surface area contributed by atoms with Crippen molar-refractivity contribution in [2.24, 2.45) is 5.92 Å². The summed E-state index contributed by atoms with van der Waals surface area (Å²) >= 11 is 0. The lowest BCUT2D eigenvalue weighted by Gasteiger charge is -2.28. The number of carboxylic acids is 2. The summed E-state index contributed by atoms with van der Waals surface area (Å²) < 4.78 is 70.8. The first-order chi connectivity index (χ1) is 18.1. The number of carbonyl (C=O) groups is 2. The number of rotatable bonds is 6. The van der Waals surface area contributed by atoms with E-state index in [0.29, 0.717) is 11.9 Å². The molecule has 0 bridgehead atoms. The van der Waals surface area contributed by atoms with Gasteiger partial charge in [-0.25, -0.2) is 14.6 Å². The van der Waals surface area contributed by atoms with Crippen molar-refractivity contribution in [2.75, 3.05) is 7.11 Å². The van der Waals surface area contributed by atoms with E-state index in [4.69, 9.17) is 24.5 Å². The lowest BCUT2D eigenvalue weighted by atomic mass is 9.91. The Morgan fingerprint density at radius 1 is 1.05 bits per heavy atom. The smallest absolute Gasteiger partial charge is 0.481 e. The SMILES string of the molecule is COc1ncccc1CNC1CCc2c(ccc(=O)n2CC2CC2)C1.O=C(O)C(F)(F)F.O=C(O)C(F)(F)F. The molecule has 0 spiro atoms. The van der Waals surface area contributed by atoms with E-state index in [1.165, 1.54) is 24.1 Å². The van der Waals surface area contributed by atoms with Crippen molar-refractivity contribution in [1.82, 2.24) is 14.9 Å². The quantitative estimate of drug-likeness (QED) is 0.452. The highest BCUT2D eigenvalue weighted by atomic mass is 19.4. The molecule has 0 aromatic carbocycles. The van der Waals surface area contributed by atoms with Crippen LogP contribution in [-0.2, 0) is 35.5 Å². The summed E-state index contributed by atoms with van der Waals surface area (Å²) in [7, 11) is 1.65. The number of hydrogen-bond donors (Lipinski definition) is 3. The van der Waals surface area contributed by atoms with Crippen molar-refractivity contribution in [3.63, 3.8) is 0 Å². The van der Waals surface area contributed by atoms with E-state index in [0.717, 1.165) is 43.8 Å². The van der Waals surface area contributed by atoms with Crippen LogP contribution in [0.2, 0.25) is 0 Å². The van der Waals surface area contributed by atoms with Gasteiger partial charge in [-0.1, -0.05) is 12.1 Å². The second-order valence-electron chi connectivity index (χ2n) is 8.80. The maximum absolute atomic E-state index is 12.2. The van der Waals surface area contributed by atoms with E-state index in [9.17, 15) is 31.1 Å². The first-order valence-electron chi connectivity index (χ1n) is 11.7. The molecule has 0 amide bonds. The first kappa shape index (κ1) is 31.6. The second-order valence-corrected chi connectivity index (χ2v) is 8.80. The molecule has 0 aliphatic heterocycles. The molecule has 0 saturated heterocycles. The molecule has 2 aliphatic carbocycles. The number of methoxy groups -OCH3 is 1. The molecule has 216 valence electrons. The van der Waals surface area contributed by atoms with Gasteiger partial charge in [0, 0.05) is 42.7 Å². The molecular formula is C24H27F6N3O6. The van der Waals surface area contributed by atoms with Crippen LogP contribution in [0.4, 0.5) is 26.3 Å². The Labute approximate surface area is 218 Å². The van der Waals surface area contributed by atoms with E-state index >= 15 is 0 Å². The number of aliphatic carboxylic acids is 2. The number of ether oxygens (including phenoxy) is 1. The highest BCUT2D eigenvalue weighted by Gasteiger charge is 2.38. The summed E-state index contributed by atoms with van der Waals surface area (Å²) in [6.07, 6.45) is -2.87. The molecule has 9 nitrogen and oxygen atoms in total. The third-order valence-corrected chi connectivity index (χ3v) is 5.83. The predicted octanol–water partition coefficient (Wildman–Crippen LogP) is 3.58. The van der Waals surface area contributed by atoms with Crippen LogP contribution in [0, 0.1) is 5.92 Å². The topological polar surface area (TPSA) is 131 Å². The van der Waals surface area contributed by atoms with E-state index in [2.05, 4.69) is 10.3 Å². The molecule has 1 fully saturated rings. The minimum Gasteiger partial charge on any atom is -0.481 e. The molecular weight excluding hydrogens is 540 g/mol. The third kappa shape index (κ3) is 10.2. The number of hydrogen-bond acceptors (Lipinski definition) is 6. The maximum Gasteiger partial charge on any atom is 0.490 e. The number of nitrogens with one attached hydrogen (secondary N) is 1. The lowest BCUT2D eigenvalue weighted by molar-refractivity contribution is -0.193. The molecule has 1 atom stereocenters. The zero-order chi connectivity index (χ0) is 29.4. The largest absolute Gasteiger partial charge is 0.490 e. The highest BCUT2D eigenvalue weighted by Crippen LogP contribution is 2.31. The fraction of sp³-hybridized carbons (Fsp3) is 0.500. The van der Waals surface area contributed by atoms with Crippen molar-refractivity contribution in [2.45, 2.75) is 63.6 Å². The van der Waals surface area contributed by atoms with E-state index < -0.39 is 24.3 Å². The number of pyridine rings is 2. The standard InChI is InChI=1S/C20H25N3O2.2C2HF3O2/c1-25-20-16(3-2-10-21-20)12-22-17-7-8-18-15(11-17)6-9-19(24)23(18)13-14-4-5-14;2*3-2(4,5)1(6)7/h2-3,6,9-10,14,17,22H,4-5,7-8,11-13H2,1H3;2*(H,6,7). The number of aromatic nitrogens is 2. The lowest BCUT2D eigenvalue weighted by Crippen LogP contribution is -2.37. The van der Waals surface area contributed by atoms with Gasteiger partial charge in [-0.2, -0.15) is 26.3 Å². The Morgan fingerprint density at radius 3 is 2.15 bits per heavy atom. The van der Waals surface area contributed by atoms with Crippen molar-refractivity contribution in [3.8, 4) is 5.88 Å². The van der Waals surface area contributed by atoms with Crippen LogP contribution in [0.15, 0.2) is 35.3 Å². The average molecular weight is 567 g/mol. The molecule has 39 heavy (non-hydrogen) atoms. The second kappa shape index (κ2) is 13.4. The molecule has 2 aromatic rings. The van der Waals surface area contributed by atoms with Gasteiger partial charge in [-0.15, -0.1) is 0 Å². The van der Waals surface area contributed by atoms with Gasteiger partial charge >= 0.3 is 24.3 Å². The molecule has 2 aromatic heterocycles. The van der Waals surface area contributed by atoms with Crippen LogP contribution in [0.1, 0.15) is 36.1 Å². The van der Waals surface area contributed by atoms with Crippen molar-refractivity contribution >= 4 is 11.9 Å². The van der Waals surface area contributed by atoms with Crippen molar-refractivity contribution < 1.29 is 50.9 Å². The Balaban J connectivity index is 0.000000317. The summed E-state index contributed by atoms with van der Waals surface area (Å²) in [5, 5.41) is 17.9. The summed E-state index contributed by atoms with van der Waals surface area (Å²) in [4.78, 5) is 34.3. The minimum absolute atomic E-state index is 0.164. The van der Waals surface area contributed by atoms with Gasteiger partial charge in [0.25, 0.3) is 5.56 Å². The average Bonchev–Trinajstić information content (AvgIpc) is 3.68. The Bertz CT molecular complexity index is 1170. The van der Waals surface area contributed by atoms with Gasteiger partial charge in [0.2, 0.25) is 5.88 Å². The summed E-state index contributed by atoms with van der Waals surface area (Å²) in [5.41, 5.74) is 3.82. The van der Waals surface area contributed by atoms with Crippen LogP contribution in [0.3, 0.4) is 0 Å². The first-order valence-corrected chi connectivity index (χ1v) is 11.7. The number of halogens is 6. The number of nitrogens with zero attached hydrogens (tertiary/aromatic N) is 2. The zero-order valence-corrected chi connectivity index (χ0v) is 20.7. The fourth-order valence-electron chi connectivity index (χ4n) is 3.75. The Kier molecular flexibility index (Phi) is 10.9. The van der Waals surface area contributed by atoms with Crippen molar-refractivity contribution in [3.05, 3.63) is 57.6 Å². The van der Waals surface area contributed by atoms with Gasteiger partial charge in [0.1, 0.15) is 0 Å². The molecule has 4 rings (SSSR count). The number of fused-ring (bicyclic) bond motifs is 1. The normalized spacial score (nSPS) is 16.5. The van der Waals surface area contributed by atoms with Crippen LogP contribution in [-0.4, -0.2) is 57.2 Å². The van der Waals surface area contributed by atoms with E-state index in [1.54, 1.807) is 19.4 Å². The highest BCUT2D eigenvalue weighted by molar-refractivity contribution is 5.73. The van der Waals surface area contributed by atoms with E-state index in [-0.39, 0.29) is 5.56 Å². The van der Waals surface area contributed by atoms with Crippen LogP contribution in [0.25, 0.3) is 0 Å². The van der Waals surface area contributed by atoms with E-state index in [1.807, 2.05) is 22.8 Å². The van der Waals surface area contributed by atoms with Gasteiger partial charge in [-0.05, 0) is 49.7 Å². The van der Waals surface area contributed by atoms with Gasteiger partial charge in [0.15, 0.2) is 0 Å². The Hall–Kier alpha value is -3.62. The molecule has 2 heterocycles. The van der Waals surface area contributed by atoms with Crippen molar-refractivity contribution in [1.29, 1.82) is 0 Å². The molecule has 2 aliphatic rings. The summed E-state index contributed by atoms with van der Waals surface area (Å²) in [6, 6.07) is 8.17. The van der Waals surface area contributed by atoms with Crippen LogP contribution in [0.5, 0.6) is 5.88 Å². The molecule has 1 saturated carbocycles.